The average Bonchev–Trinajstić information content (AvgIpc) is 2.27. The van der Waals surface area contributed by atoms with E-state index in [1.807, 2.05) is 25.7 Å². The van der Waals surface area contributed by atoms with Gasteiger partial charge in [-0.1, -0.05) is 0 Å². The standard InChI is InChI=1S/C13H20ClN3O/c1-13(2,3)17-8-6-15-11(12(17)18)16-7-4-5-10(14)9-16/h6,8,10H,4-5,7,9H2,1-3H3. The van der Waals surface area contributed by atoms with E-state index < -0.39 is 0 Å². The van der Waals surface area contributed by atoms with E-state index in [4.69, 9.17) is 11.6 Å². The number of hydrogen-bond donors (Lipinski definition) is 0. The molecule has 1 saturated heterocycles. The quantitative estimate of drug-likeness (QED) is 0.734. The topological polar surface area (TPSA) is 38.1 Å². The summed E-state index contributed by atoms with van der Waals surface area (Å²) in [6.07, 6.45) is 5.46. The minimum Gasteiger partial charge on any atom is -0.351 e. The first-order valence-electron chi connectivity index (χ1n) is 6.37. The van der Waals surface area contributed by atoms with Crippen molar-refractivity contribution < 1.29 is 0 Å². The van der Waals surface area contributed by atoms with Crippen LogP contribution in [0.15, 0.2) is 17.2 Å². The molecule has 1 aromatic heterocycles. The number of alkyl halides is 1. The Bertz CT molecular complexity index is 478. The van der Waals surface area contributed by atoms with Gasteiger partial charge in [0.1, 0.15) is 0 Å². The zero-order valence-electron chi connectivity index (χ0n) is 11.2. The highest BCUT2D eigenvalue weighted by Gasteiger charge is 2.23. The Morgan fingerprint density at radius 2 is 2.17 bits per heavy atom. The molecule has 0 amide bonds. The Kier molecular flexibility index (Phi) is 3.66. The van der Waals surface area contributed by atoms with Crippen LogP contribution in [0.1, 0.15) is 33.6 Å². The molecule has 1 aliphatic rings. The predicted octanol–water partition coefficient (Wildman–Crippen LogP) is 2.21. The predicted molar refractivity (Wildman–Crippen MR) is 74.6 cm³/mol. The third-order valence-corrected chi connectivity index (χ3v) is 3.57. The first-order valence-corrected chi connectivity index (χ1v) is 6.80. The molecule has 5 heteroatoms. The molecule has 4 nitrogen and oxygen atoms in total. The summed E-state index contributed by atoms with van der Waals surface area (Å²) in [5.41, 5.74) is -0.263. The fourth-order valence-corrected chi connectivity index (χ4v) is 2.59. The number of hydrogen-bond acceptors (Lipinski definition) is 3. The zero-order valence-corrected chi connectivity index (χ0v) is 11.9. The molecule has 18 heavy (non-hydrogen) atoms. The van der Waals surface area contributed by atoms with Gasteiger partial charge in [0.15, 0.2) is 5.82 Å². The van der Waals surface area contributed by atoms with Gasteiger partial charge in [0.05, 0.1) is 5.38 Å². The van der Waals surface area contributed by atoms with Crippen LogP contribution < -0.4 is 10.5 Å². The zero-order chi connectivity index (χ0) is 13.3. The van der Waals surface area contributed by atoms with Crippen LogP contribution in [0.2, 0.25) is 0 Å². The molecule has 0 saturated carbocycles. The molecule has 2 heterocycles. The maximum atomic E-state index is 12.4. The molecule has 1 unspecified atom stereocenters. The fraction of sp³-hybridized carbons (Fsp3) is 0.692. The molecule has 0 aromatic carbocycles. The Morgan fingerprint density at radius 3 is 2.78 bits per heavy atom. The van der Waals surface area contributed by atoms with Crippen molar-refractivity contribution in [1.82, 2.24) is 9.55 Å². The Hall–Kier alpha value is -1.03. The second-order valence-electron chi connectivity index (χ2n) is 5.78. The monoisotopic (exact) mass is 269 g/mol. The summed E-state index contributed by atoms with van der Waals surface area (Å²) in [7, 11) is 0. The van der Waals surface area contributed by atoms with Crippen LogP contribution in [0.4, 0.5) is 5.82 Å². The number of nitrogens with zero attached hydrogens (tertiary/aromatic N) is 3. The van der Waals surface area contributed by atoms with Crippen molar-refractivity contribution in [3.63, 3.8) is 0 Å². The molecular weight excluding hydrogens is 250 g/mol. The summed E-state index contributed by atoms with van der Waals surface area (Å²) < 4.78 is 1.73. The minimum atomic E-state index is -0.231. The van der Waals surface area contributed by atoms with E-state index in [-0.39, 0.29) is 16.5 Å². The van der Waals surface area contributed by atoms with Crippen molar-refractivity contribution in [2.75, 3.05) is 18.0 Å². The van der Waals surface area contributed by atoms with Gasteiger partial charge in [-0.2, -0.15) is 0 Å². The number of rotatable bonds is 1. The Labute approximate surface area is 113 Å². The fourth-order valence-electron chi connectivity index (χ4n) is 2.26. The van der Waals surface area contributed by atoms with Gasteiger partial charge in [0.2, 0.25) is 0 Å². The number of anilines is 1. The van der Waals surface area contributed by atoms with E-state index in [0.29, 0.717) is 12.4 Å². The summed E-state index contributed by atoms with van der Waals surface area (Å²) in [5, 5.41) is 0.114. The van der Waals surface area contributed by atoms with E-state index in [9.17, 15) is 4.79 Å². The molecule has 100 valence electrons. The molecule has 2 rings (SSSR count). The minimum absolute atomic E-state index is 0.0317. The summed E-state index contributed by atoms with van der Waals surface area (Å²) in [6, 6.07) is 0. The second-order valence-corrected chi connectivity index (χ2v) is 6.40. The van der Waals surface area contributed by atoms with Gasteiger partial charge in [-0.05, 0) is 33.6 Å². The summed E-state index contributed by atoms with van der Waals surface area (Å²) >= 11 is 6.17. The van der Waals surface area contributed by atoms with Crippen molar-refractivity contribution in [1.29, 1.82) is 0 Å². The number of piperidine rings is 1. The highest BCUT2D eigenvalue weighted by molar-refractivity contribution is 6.21. The van der Waals surface area contributed by atoms with E-state index in [1.54, 1.807) is 17.0 Å². The number of halogens is 1. The maximum absolute atomic E-state index is 12.4. The lowest BCUT2D eigenvalue weighted by molar-refractivity contribution is 0.381. The summed E-state index contributed by atoms with van der Waals surface area (Å²) in [5.74, 6) is 0.526. The van der Waals surface area contributed by atoms with Crippen molar-refractivity contribution in [3.8, 4) is 0 Å². The molecule has 0 radical (unpaired) electrons. The lowest BCUT2D eigenvalue weighted by Crippen LogP contribution is -2.43. The van der Waals surface area contributed by atoms with Crippen LogP contribution in [-0.4, -0.2) is 28.0 Å². The molecule has 1 atom stereocenters. The van der Waals surface area contributed by atoms with E-state index in [0.717, 1.165) is 19.4 Å². The van der Waals surface area contributed by atoms with Crippen molar-refractivity contribution in [3.05, 3.63) is 22.7 Å². The van der Waals surface area contributed by atoms with Crippen LogP contribution in [0.25, 0.3) is 0 Å². The lowest BCUT2D eigenvalue weighted by Gasteiger charge is -2.31. The smallest absolute Gasteiger partial charge is 0.293 e. The van der Waals surface area contributed by atoms with Gasteiger partial charge in [-0.25, -0.2) is 4.98 Å². The van der Waals surface area contributed by atoms with Crippen LogP contribution in [0.5, 0.6) is 0 Å². The molecule has 0 spiro atoms. The van der Waals surface area contributed by atoms with Crippen molar-refractivity contribution >= 4 is 17.4 Å². The third kappa shape index (κ3) is 2.69. The van der Waals surface area contributed by atoms with Gasteiger partial charge >= 0.3 is 0 Å². The van der Waals surface area contributed by atoms with Gasteiger partial charge < -0.3 is 9.47 Å². The molecule has 1 aromatic rings. The molecular formula is C13H20ClN3O. The van der Waals surface area contributed by atoms with Gasteiger partial charge in [-0.15, -0.1) is 11.6 Å². The van der Waals surface area contributed by atoms with E-state index in [2.05, 4.69) is 4.98 Å². The SMILES string of the molecule is CC(C)(C)n1ccnc(N2CCCC(Cl)C2)c1=O. The molecule has 0 N–H and O–H groups in total. The van der Waals surface area contributed by atoms with Crippen LogP contribution >= 0.6 is 11.6 Å². The third-order valence-electron chi connectivity index (χ3n) is 3.21. The second kappa shape index (κ2) is 4.92. The van der Waals surface area contributed by atoms with E-state index in [1.165, 1.54) is 0 Å². The van der Waals surface area contributed by atoms with Crippen LogP contribution in [0.3, 0.4) is 0 Å². The molecule has 1 fully saturated rings. The van der Waals surface area contributed by atoms with E-state index >= 15 is 0 Å². The summed E-state index contributed by atoms with van der Waals surface area (Å²) in [4.78, 5) is 18.7. The Balaban J connectivity index is 2.37. The summed E-state index contributed by atoms with van der Waals surface area (Å²) in [6.45, 7) is 7.60. The number of aromatic nitrogens is 2. The average molecular weight is 270 g/mol. The van der Waals surface area contributed by atoms with Gasteiger partial charge in [-0.3, -0.25) is 4.79 Å². The largest absolute Gasteiger partial charge is 0.351 e. The normalized spacial score (nSPS) is 21.1. The first-order chi connectivity index (χ1) is 8.39. The van der Waals surface area contributed by atoms with Crippen LogP contribution in [0, 0.1) is 0 Å². The van der Waals surface area contributed by atoms with Crippen LogP contribution in [-0.2, 0) is 5.54 Å². The first kappa shape index (κ1) is 13.4. The van der Waals surface area contributed by atoms with Crippen molar-refractivity contribution in [2.45, 2.75) is 44.5 Å². The lowest BCUT2D eigenvalue weighted by atomic mass is 10.1. The molecule has 1 aliphatic heterocycles. The highest BCUT2D eigenvalue weighted by Crippen LogP contribution is 2.19. The molecule has 0 bridgehead atoms. The molecule has 0 aliphatic carbocycles. The highest BCUT2D eigenvalue weighted by atomic mass is 35.5. The van der Waals surface area contributed by atoms with Crippen molar-refractivity contribution in [2.24, 2.45) is 0 Å². The van der Waals surface area contributed by atoms with Gasteiger partial charge in [0.25, 0.3) is 5.56 Å². The van der Waals surface area contributed by atoms with Gasteiger partial charge in [0, 0.05) is 31.0 Å². The Morgan fingerprint density at radius 1 is 1.44 bits per heavy atom. The maximum Gasteiger partial charge on any atom is 0.293 e.